The van der Waals surface area contributed by atoms with Crippen molar-refractivity contribution >= 4 is 64.8 Å². The topological polar surface area (TPSA) is 425 Å². The average molecular weight is 834 g/mol. The Morgan fingerprint density at radius 1 is 0.623 bits per heavy atom. The molecule has 6 rings (SSSR count). The van der Waals surface area contributed by atoms with E-state index in [2.05, 4.69) is 47.6 Å². The predicted molar refractivity (Wildman–Crippen MR) is 170 cm³/mol. The predicted octanol–water partition coefficient (Wildman–Crippen LogP) is -2.34. The smallest absolute Gasteiger partial charge is 0.387 e. The molecule has 0 aliphatic carbocycles. The van der Waals surface area contributed by atoms with Gasteiger partial charge < -0.3 is 60.9 Å². The summed E-state index contributed by atoms with van der Waals surface area (Å²) in [6, 6.07) is 0. The lowest BCUT2D eigenvalue weighted by molar-refractivity contribution is -0.0502. The summed E-state index contributed by atoms with van der Waals surface area (Å²) >= 11 is 0. The van der Waals surface area contributed by atoms with E-state index < -0.39 is 99.0 Å². The molecular formula is C21H30N10O18P4. The number of aliphatic hydroxyl groups is 4. The summed E-state index contributed by atoms with van der Waals surface area (Å²) < 4.78 is 81.0. The first kappa shape index (κ1) is 39.7. The number of nitrogens with two attached hydrogens (primary N) is 2. The molecule has 0 amide bonds. The quantitative estimate of drug-likeness (QED) is 0.0595. The van der Waals surface area contributed by atoms with Crippen LogP contribution < -0.4 is 11.5 Å². The second-order valence-electron chi connectivity index (χ2n) is 11.4. The van der Waals surface area contributed by atoms with Gasteiger partial charge in [-0.25, -0.2) is 47.7 Å². The summed E-state index contributed by atoms with van der Waals surface area (Å²) in [6.07, 6.45) is -8.28. The summed E-state index contributed by atoms with van der Waals surface area (Å²) in [4.78, 5) is 63.7. The van der Waals surface area contributed by atoms with Gasteiger partial charge in [-0.05, 0) is 0 Å². The molecule has 2 fully saturated rings. The molecule has 28 nitrogen and oxygen atoms in total. The lowest BCUT2D eigenvalue weighted by Gasteiger charge is -2.22. The fourth-order valence-corrected chi connectivity index (χ4v) is 12.1. The highest BCUT2D eigenvalue weighted by Crippen LogP contribution is 2.70. The molecule has 32 heteroatoms. The maximum absolute atomic E-state index is 12.6. The Morgan fingerprint density at radius 3 is 1.38 bits per heavy atom. The molecule has 0 aromatic carbocycles. The summed E-state index contributed by atoms with van der Waals surface area (Å²) in [6.45, 7) is -2.11. The zero-order valence-corrected chi connectivity index (χ0v) is 29.8. The molecule has 4 aromatic rings. The average Bonchev–Trinajstić information content (AvgIpc) is 3.80. The number of aromatic nitrogens is 8. The fourth-order valence-electron chi connectivity index (χ4n) is 5.29. The van der Waals surface area contributed by atoms with Gasteiger partial charge in [0.2, 0.25) is 0 Å². The molecule has 2 saturated heterocycles. The minimum absolute atomic E-state index is 0.00238. The van der Waals surface area contributed by atoms with Crippen LogP contribution in [-0.2, 0) is 45.4 Å². The minimum Gasteiger partial charge on any atom is -0.387 e. The lowest BCUT2D eigenvalue weighted by Crippen LogP contribution is -2.33. The second kappa shape index (κ2) is 14.6. The van der Waals surface area contributed by atoms with Gasteiger partial charge >= 0.3 is 30.8 Å². The van der Waals surface area contributed by atoms with E-state index in [1.54, 1.807) is 0 Å². The van der Waals surface area contributed by atoms with Gasteiger partial charge in [0.15, 0.2) is 41.3 Å². The van der Waals surface area contributed by atoms with Gasteiger partial charge in [0.05, 0.1) is 25.9 Å². The molecule has 12 atom stereocenters. The van der Waals surface area contributed by atoms with Crippen molar-refractivity contribution < 1.29 is 85.4 Å². The van der Waals surface area contributed by atoms with Gasteiger partial charge in [0.1, 0.15) is 60.3 Å². The number of fused-ring (bicyclic) bond motifs is 2. The van der Waals surface area contributed by atoms with Gasteiger partial charge in [0, 0.05) is 0 Å². The molecule has 4 aromatic heterocycles. The fraction of sp³-hybridized carbons (Fsp3) is 0.524. The van der Waals surface area contributed by atoms with Crippen LogP contribution in [0.5, 0.6) is 0 Å². The third-order valence-electron chi connectivity index (χ3n) is 7.62. The van der Waals surface area contributed by atoms with Crippen molar-refractivity contribution in [2.45, 2.75) is 49.1 Å². The van der Waals surface area contributed by atoms with Crippen molar-refractivity contribution in [3.05, 3.63) is 25.3 Å². The van der Waals surface area contributed by atoms with Crippen LogP contribution in [0.1, 0.15) is 12.5 Å². The number of hydrogen-bond donors (Lipinski definition) is 10. The lowest BCUT2D eigenvalue weighted by atomic mass is 10.1. The van der Waals surface area contributed by atoms with Crippen molar-refractivity contribution in [2.24, 2.45) is 0 Å². The zero-order chi connectivity index (χ0) is 38.7. The van der Waals surface area contributed by atoms with Gasteiger partial charge in [0.25, 0.3) is 0 Å². The van der Waals surface area contributed by atoms with E-state index in [0.29, 0.717) is 0 Å². The van der Waals surface area contributed by atoms with E-state index in [1.807, 2.05) is 0 Å². The number of hydrogen-bond acceptors (Lipinski definition) is 22. The molecule has 0 saturated carbocycles. The normalized spacial score (nSPS) is 30.9. The third-order valence-corrected chi connectivity index (χ3v) is 15.1. The Labute approximate surface area is 294 Å². The second-order valence-corrected chi connectivity index (χ2v) is 18.7. The van der Waals surface area contributed by atoms with Crippen LogP contribution in [0.3, 0.4) is 0 Å². The molecule has 6 heterocycles. The van der Waals surface area contributed by atoms with Crippen LogP contribution >= 0.6 is 30.8 Å². The van der Waals surface area contributed by atoms with E-state index in [1.165, 1.54) is 9.13 Å². The Kier molecular flexibility index (Phi) is 11.0. The van der Waals surface area contributed by atoms with Gasteiger partial charge in [-0.3, -0.25) is 27.3 Å². The monoisotopic (exact) mass is 834 g/mol. The molecule has 2 aliphatic rings. The number of imidazole rings is 2. The van der Waals surface area contributed by atoms with E-state index in [4.69, 9.17) is 20.9 Å². The van der Waals surface area contributed by atoms with E-state index in [9.17, 15) is 58.3 Å². The van der Waals surface area contributed by atoms with Crippen LogP contribution in [0, 0.1) is 0 Å². The molecule has 12 N–H and O–H groups in total. The number of aliphatic hydroxyl groups excluding tert-OH is 4. The first-order valence-electron chi connectivity index (χ1n) is 14.6. The number of nitrogens with zero attached hydrogens (tertiary/aromatic N) is 8. The molecular weight excluding hydrogens is 804 g/mol. The van der Waals surface area contributed by atoms with Crippen LogP contribution in [0.2, 0.25) is 0 Å². The van der Waals surface area contributed by atoms with Crippen LogP contribution in [-0.4, -0.2) is 135 Å². The Hall–Kier alpha value is -2.94. The first-order chi connectivity index (χ1) is 24.7. The summed E-state index contributed by atoms with van der Waals surface area (Å²) in [5, 5.41) is 41.9. The Balaban J connectivity index is 1.01. The zero-order valence-electron chi connectivity index (χ0n) is 26.2. The number of ether oxygens (including phenoxy) is 2. The van der Waals surface area contributed by atoms with E-state index >= 15 is 0 Å². The number of phosphoric ester groups is 2. The summed E-state index contributed by atoms with van der Waals surface area (Å²) in [5.41, 5.74) is 11.9. The van der Waals surface area contributed by atoms with Crippen molar-refractivity contribution in [2.75, 3.05) is 30.6 Å². The largest absolute Gasteiger partial charge is 0.479 e. The number of rotatable bonds is 14. The van der Waals surface area contributed by atoms with Crippen LogP contribution in [0.25, 0.3) is 22.3 Å². The van der Waals surface area contributed by atoms with Crippen molar-refractivity contribution in [1.29, 1.82) is 0 Å². The third kappa shape index (κ3) is 8.50. The van der Waals surface area contributed by atoms with Crippen LogP contribution in [0.15, 0.2) is 25.3 Å². The molecule has 2 aliphatic heterocycles. The van der Waals surface area contributed by atoms with E-state index in [-0.39, 0.29) is 34.0 Å². The molecule has 53 heavy (non-hydrogen) atoms. The van der Waals surface area contributed by atoms with Crippen molar-refractivity contribution in [3.63, 3.8) is 0 Å². The van der Waals surface area contributed by atoms with Gasteiger partial charge in [-0.2, -0.15) is 0 Å². The highest BCUT2D eigenvalue weighted by molar-refractivity contribution is 7.76. The molecule has 7 unspecified atom stereocenters. The summed E-state index contributed by atoms with van der Waals surface area (Å²) in [7, 11) is -22.7. The summed E-state index contributed by atoms with van der Waals surface area (Å²) in [5.74, 6) is -2.05. The minimum atomic E-state index is -5.69. The number of phosphoric acid groups is 2. The van der Waals surface area contributed by atoms with Gasteiger partial charge in [-0.1, -0.05) is 0 Å². The molecule has 0 radical (unpaired) electrons. The highest BCUT2D eigenvalue weighted by atomic mass is 31.3. The Morgan fingerprint density at radius 2 is 1.00 bits per heavy atom. The number of nitrogen functional groups attached to an aromatic ring is 2. The highest BCUT2D eigenvalue weighted by Gasteiger charge is 2.49. The standard InChI is InChI=1S/C21H30N10O18P4/c22-16-10-18(26-3-24-16)30(5-28-10)20-14(34)12(32)8(46-20)1-44-52(40,41)48-50(36,37)7-51(38,39)49-53(42,43)45-2-9-13(33)15(35)21(47-9)31-6-29-11-17(23)25-4-27-19(11)31/h3-6,8-9,12-15,20-21,32-35H,1-2,7H2,(H,36,37)(H,38,39)(H,40,41)(H,42,43)(H2,22,24,26)(H2,23,25,27)/t8-,9-,12?,13?,14+,15?,20-,21-/m1/s1. The molecule has 0 bridgehead atoms. The first-order valence-corrected chi connectivity index (χ1v) is 21.1. The van der Waals surface area contributed by atoms with Gasteiger partial charge in [-0.15, -0.1) is 0 Å². The molecule has 0 spiro atoms. The van der Waals surface area contributed by atoms with Crippen molar-refractivity contribution in [3.8, 4) is 0 Å². The number of anilines is 2. The Bertz CT molecular complexity index is 2040. The maximum atomic E-state index is 12.6. The SMILES string of the molecule is Nc1ncnc2c1ncn2[C@@H]1O[C@H](COP(=O)(O)OP(=O)(O)CP(=O)(O)OP(=O)(O)OC[C@H]2O[C@@H](n3cnc4c(N)ncnc43)[C@@H](O)C2O)C(O)C1O. The maximum Gasteiger partial charge on any atom is 0.479 e. The van der Waals surface area contributed by atoms with Crippen LogP contribution in [0.4, 0.5) is 11.6 Å². The molecule has 292 valence electrons. The van der Waals surface area contributed by atoms with E-state index in [0.717, 1.165) is 25.3 Å². The van der Waals surface area contributed by atoms with Crippen molar-refractivity contribution in [1.82, 2.24) is 39.0 Å².